The highest BCUT2D eigenvalue weighted by atomic mass is 16.6. The first-order valence-electron chi connectivity index (χ1n) is 11.3. The van der Waals surface area contributed by atoms with Crippen LogP contribution in [0.25, 0.3) is 0 Å². The van der Waals surface area contributed by atoms with Crippen LogP contribution in [0.1, 0.15) is 78.1 Å². The molecule has 0 aromatic carbocycles. The number of aliphatic carboxylic acids is 3. The molecule has 0 saturated carbocycles. The molecule has 0 radical (unpaired) electrons. The van der Waals surface area contributed by atoms with E-state index in [0.717, 1.165) is 19.3 Å². The average Bonchev–Trinajstić information content (AvgIpc) is 2.73. The molecule has 35 heavy (non-hydrogen) atoms. The SMILES string of the molecule is CCCCCOC(=O)CC(O)(CC(=O)O)C(=O)OC(CC(=O)O)(CC(=O)OCCCCC)C(=O)O. The summed E-state index contributed by atoms with van der Waals surface area (Å²) >= 11 is 0. The molecular weight excluding hydrogens is 472 g/mol. The number of hydrogen-bond donors (Lipinski definition) is 4. The highest BCUT2D eigenvalue weighted by Crippen LogP contribution is 2.28. The summed E-state index contributed by atoms with van der Waals surface area (Å²) in [7, 11) is 0. The van der Waals surface area contributed by atoms with Gasteiger partial charge in [-0.1, -0.05) is 39.5 Å². The van der Waals surface area contributed by atoms with E-state index >= 15 is 0 Å². The van der Waals surface area contributed by atoms with Gasteiger partial charge in [0, 0.05) is 0 Å². The normalized spacial score (nSPS) is 14.1. The number of aliphatic hydroxyl groups is 1. The van der Waals surface area contributed by atoms with Crippen LogP contribution in [-0.4, -0.2) is 80.7 Å². The van der Waals surface area contributed by atoms with Gasteiger partial charge in [-0.15, -0.1) is 0 Å². The van der Waals surface area contributed by atoms with Gasteiger partial charge in [-0.25, -0.2) is 9.59 Å². The zero-order valence-corrected chi connectivity index (χ0v) is 19.9. The molecule has 200 valence electrons. The fourth-order valence-electron chi connectivity index (χ4n) is 2.95. The molecule has 0 amide bonds. The van der Waals surface area contributed by atoms with Gasteiger partial charge in [-0.2, -0.15) is 0 Å². The molecule has 0 aliphatic carbocycles. The minimum atomic E-state index is -3.09. The number of esters is 3. The molecule has 0 heterocycles. The summed E-state index contributed by atoms with van der Waals surface area (Å²) in [6, 6.07) is 0. The number of ether oxygens (including phenoxy) is 3. The van der Waals surface area contributed by atoms with Gasteiger partial charge in [-0.05, 0) is 12.8 Å². The molecule has 0 aliphatic heterocycles. The van der Waals surface area contributed by atoms with Gasteiger partial charge in [-0.3, -0.25) is 19.2 Å². The van der Waals surface area contributed by atoms with E-state index in [1.165, 1.54) is 0 Å². The predicted octanol–water partition coefficient (Wildman–Crippen LogP) is 1.28. The lowest BCUT2D eigenvalue weighted by Gasteiger charge is -2.31. The van der Waals surface area contributed by atoms with Crippen molar-refractivity contribution in [3.05, 3.63) is 0 Å². The van der Waals surface area contributed by atoms with Gasteiger partial charge in [0.2, 0.25) is 5.60 Å². The summed E-state index contributed by atoms with van der Waals surface area (Å²) < 4.78 is 14.5. The van der Waals surface area contributed by atoms with Crippen LogP contribution in [0.3, 0.4) is 0 Å². The summed E-state index contributed by atoms with van der Waals surface area (Å²) in [5.74, 6) is -9.80. The molecule has 0 fully saturated rings. The predicted molar refractivity (Wildman–Crippen MR) is 116 cm³/mol. The second kappa shape index (κ2) is 15.6. The molecule has 0 spiro atoms. The number of hydrogen-bond acceptors (Lipinski definition) is 10. The maximum atomic E-state index is 12.7. The van der Waals surface area contributed by atoms with Crippen LogP contribution in [0.2, 0.25) is 0 Å². The van der Waals surface area contributed by atoms with Crippen LogP contribution in [0.5, 0.6) is 0 Å². The smallest absolute Gasteiger partial charge is 0.349 e. The molecule has 0 saturated heterocycles. The van der Waals surface area contributed by atoms with Crippen LogP contribution in [-0.2, 0) is 43.0 Å². The monoisotopic (exact) mass is 506 g/mol. The van der Waals surface area contributed by atoms with Crippen molar-refractivity contribution in [1.82, 2.24) is 0 Å². The molecule has 2 atom stereocenters. The van der Waals surface area contributed by atoms with E-state index in [-0.39, 0.29) is 13.2 Å². The maximum absolute atomic E-state index is 12.7. The first-order chi connectivity index (χ1) is 16.3. The third kappa shape index (κ3) is 12.2. The van der Waals surface area contributed by atoms with Crippen LogP contribution in [0.4, 0.5) is 0 Å². The lowest BCUT2D eigenvalue weighted by molar-refractivity contribution is -0.201. The minimum Gasteiger partial charge on any atom is -0.481 e. The Morgan fingerprint density at radius 2 is 1.11 bits per heavy atom. The molecule has 0 aliphatic rings. The van der Waals surface area contributed by atoms with Crippen molar-refractivity contribution in [3.8, 4) is 0 Å². The number of unbranched alkanes of at least 4 members (excludes halogenated alkanes) is 4. The van der Waals surface area contributed by atoms with Gasteiger partial charge in [0.1, 0.15) is 0 Å². The zero-order chi connectivity index (χ0) is 27.1. The van der Waals surface area contributed by atoms with Crippen LogP contribution < -0.4 is 0 Å². The van der Waals surface area contributed by atoms with Crippen molar-refractivity contribution in [2.45, 2.75) is 89.3 Å². The van der Waals surface area contributed by atoms with Crippen molar-refractivity contribution < 1.29 is 63.4 Å². The Balaban J connectivity index is 5.77. The highest BCUT2D eigenvalue weighted by Gasteiger charge is 2.52. The van der Waals surface area contributed by atoms with E-state index in [0.29, 0.717) is 19.3 Å². The topological polar surface area (TPSA) is 211 Å². The maximum Gasteiger partial charge on any atom is 0.349 e. The first kappa shape index (κ1) is 31.8. The van der Waals surface area contributed by atoms with E-state index in [2.05, 4.69) is 0 Å². The van der Waals surface area contributed by atoms with Gasteiger partial charge in [0.25, 0.3) is 0 Å². The van der Waals surface area contributed by atoms with Crippen molar-refractivity contribution in [1.29, 1.82) is 0 Å². The Labute approximate surface area is 202 Å². The summed E-state index contributed by atoms with van der Waals surface area (Å²) in [5, 5.41) is 38.5. The van der Waals surface area contributed by atoms with Gasteiger partial charge < -0.3 is 34.6 Å². The van der Waals surface area contributed by atoms with E-state index in [9.17, 15) is 39.0 Å². The van der Waals surface area contributed by atoms with E-state index in [1.807, 2.05) is 13.8 Å². The summed E-state index contributed by atoms with van der Waals surface area (Å²) in [6.45, 7) is 3.64. The summed E-state index contributed by atoms with van der Waals surface area (Å²) in [4.78, 5) is 71.5. The standard InChI is InChI=1S/C22H34O13/c1-3-5-7-9-33-17(27)13-21(32,11-15(23)24)20(31)35-22(19(29)30,12-16(25)26)14-18(28)34-10-8-6-4-2/h32H,3-14H2,1-2H3,(H,23,24)(H,25,26)(H,29,30). The van der Waals surface area contributed by atoms with Gasteiger partial charge in [0.05, 0.1) is 38.9 Å². The lowest BCUT2D eigenvalue weighted by atomic mass is 9.92. The van der Waals surface area contributed by atoms with E-state index < -0.39 is 72.7 Å². The number of carboxylic acids is 3. The van der Waals surface area contributed by atoms with Gasteiger partial charge >= 0.3 is 35.8 Å². The molecule has 2 unspecified atom stereocenters. The molecular formula is C22H34O13. The second-order valence-corrected chi connectivity index (χ2v) is 8.07. The number of carbonyl (C=O) groups excluding carboxylic acids is 3. The second-order valence-electron chi connectivity index (χ2n) is 8.07. The van der Waals surface area contributed by atoms with E-state index in [4.69, 9.17) is 24.4 Å². The van der Waals surface area contributed by atoms with Crippen LogP contribution in [0, 0.1) is 0 Å². The Morgan fingerprint density at radius 1 is 0.657 bits per heavy atom. The molecule has 0 aromatic rings. The van der Waals surface area contributed by atoms with Crippen molar-refractivity contribution in [2.75, 3.05) is 13.2 Å². The van der Waals surface area contributed by atoms with Crippen molar-refractivity contribution in [2.24, 2.45) is 0 Å². The highest BCUT2D eigenvalue weighted by molar-refractivity contribution is 5.95. The number of rotatable bonds is 19. The number of carbonyl (C=O) groups is 6. The minimum absolute atomic E-state index is 0.0627. The summed E-state index contributed by atoms with van der Waals surface area (Å²) in [6.07, 6.45) is -1.22. The molecule has 4 N–H and O–H groups in total. The van der Waals surface area contributed by atoms with Gasteiger partial charge in [0.15, 0.2) is 5.60 Å². The Bertz CT molecular complexity index is 762. The molecule has 0 aromatic heterocycles. The Hall–Kier alpha value is -3.22. The summed E-state index contributed by atoms with van der Waals surface area (Å²) in [5.41, 5.74) is -6.11. The van der Waals surface area contributed by atoms with Crippen LogP contribution in [0.15, 0.2) is 0 Å². The average molecular weight is 507 g/mol. The molecule has 13 heteroatoms. The Morgan fingerprint density at radius 3 is 1.51 bits per heavy atom. The van der Waals surface area contributed by atoms with E-state index in [1.54, 1.807) is 0 Å². The lowest BCUT2D eigenvalue weighted by Crippen LogP contribution is -2.53. The third-order valence-corrected chi connectivity index (χ3v) is 4.83. The molecule has 0 bridgehead atoms. The largest absolute Gasteiger partial charge is 0.481 e. The first-order valence-corrected chi connectivity index (χ1v) is 11.3. The molecule has 0 rings (SSSR count). The molecule has 13 nitrogen and oxygen atoms in total. The number of carboxylic acid groups (broad SMARTS) is 3. The third-order valence-electron chi connectivity index (χ3n) is 4.83. The van der Waals surface area contributed by atoms with Crippen LogP contribution >= 0.6 is 0 Å². The quantitative estimate of drug-likeness (QED) is 0.111. The Kier molecular flexibility index (Phi) is 14.2. The zero-order valence-electron chi connectivity index (χ0n) is 19.9. The fraction of sp³-hybridized carbons (Fsp3) is 0.727. The van der Waals surface area contributed by atoms with Crippen molar-refractivity contribution >= 4 is 35.8 Å². The van der Waals surface area contributed by atoms with Crippen molar-refractivity contribution in [3.63, 3.8) is 0 Å². The fourth-order valence-corrected chi connectivity index (χ4v) is 2.95.